The fraction of sp³-hybridized carbons (Fsp3) is 0.600. The summed E-state index contributed by atoms with van der Waals surface area (Å²) >= 11 is 0. The van der Waals surface area contributed by atoms with Crippen molar-refractivity contribution in [3.05, 3.63) is 24.0 Å². The molecule has 116 valence electrons. The van der Waals surface area contributed by atoms with Gasteiger partial charge in [0.15, 0.2) is 0 Å². The minimum absolute atomic E-state index is 0.194. The average Bonchev–Trinajstić information content (AvgIpc) is 3.00. The first-order chi connectivity index (χ1) is 10.2. The van der Waals surface area contributed by atoms with E-state index in [4.69, 9.17) is 9.47 Å². The van der Waals surface area contributed by atoms with Gasteiger partial charge in [0, 0.05) is 33.2 Å². The number of nitrogens with zero attached hydrogens (tertiary/aromatic N) is 1. The molecule has 1 unspecified atom stereocenters. The monoisotopic (exact) mass is 293 g/mol. The molecule has 1 atom stereocenters. The van der Waals surface area contributed by atoms with Crippen molar-refractivity contribution in [2.45, 2.75) is 25.4 Å². The molecule has 1 aromatic rings. The molecular weight excluding hydrogens is 270 g/mol. The van der Waals surface area contributed by atoms with E-state index >= 15 is 0 Å². The first-order valence-electron chi connectivity index (χ1n) is 7.30. The predicted octanol–water partition coefficient (Wildman–Crippen LogP) is 1.44. The molecule has 1 aliphatic heterocycles. The highest BCUT2D eigenvalue weighted by Crippen LogP contribution is 2.21. The van der Waals surface area contributed by atoms with Crippen LogP contribution in [0.4, 0.5) is 5.69 Å². The molecule has 0 spiro atoms. The van der Waals surface area contributed by atoms with Gasteiger partial charge in [-0.15, -0.1) is 0 Å². The fourth-order valence-electron chi connectivity index (χ4n) is 2.20. The number of amides is 1. The van der Waals surface area contributed by atoms with E-state index in [1.54, 1.807) is 19.4 Å². The molecule has 0 aromatic carbocycles. The second-order valence-electron chi connectivity index (χ2n) is 5.23. The molecule has 0 aliphatic carbocycles. The third kappa shape index (κ3) is 4.15. The number of anilines is 1. The summed E-state index contributed by atoms with van der Waals surface area (Å²) in [6.07, 6.45) is 3.51. The minimum Gasteiger partial charge on any atom is -0.384 e. The zero-order valence-corrected chi connectivity index (χ0v) is 12.6. The Morgan fingerprint density at radius 2 is 2.38 bits per heavy atom. The van der Waals surface area contributed by atoms with Crippen LogP contribution in [0.5, 0.6) is 0 Å². The lowest BCUT2D eigenvalue weighted by Gasteiger charge is -2.25. The molecule has 1 aliphatic rings. The van der Waals surface area contributed by atoms with Gasteiger partial charge >= 0.3 is 0 Å². The number of pyridine rings is 1. The number of methoxy groups -OCH3 is 1. The highest BCUT2D eigenvalue weighted by atomic mass is 16.5. The van der Waals surface area contributed by atoms with Gasteiger partial charge in [-0.3, -0.25) is 4.79 Å². The van der Waals surface area contributed by atoms with Gasteiger partial charge in [-0.1, -0.05) is 6.92 Å². The Kier molecular flexibility index (Phi) is 5.52. The van der Waals surface area contributed by atoms with Crippen molar-refractivity contribution in [1.82, 2.24) is 10.3 Å². The van der Waals surface area contributed by atoms with Crippen LogP contribution in [0.1, 0.15) is 30.3 Å². The molecule has 1 aromatic heterocycles. The summed E-state index contributed by atoms with van der Waals surface area (Å²) in [5.41, 5.74) is 0.923. The lowest BCUT2D eigenvalue weighted by atomic mass is 10.0. The van der Waals surface area contributed by atoms with Crippen molar-refractivity contribution >= 4 is 11.6 Å². The summed E-state index contributed by atoms with van der Waals surface area (Å²) in [6, 6.07) is 3.58. The summed E-state index contributed by atoms with van der Waals surface area (Å²) in [5.74, 6) is -0.194. The van der Waals surface area contributed by atoms with E-state index in [1.165, 1.54) is 0 Å². The summed E-state index contributed by atoms with van der Waals surface area (Å²) in [6.45, 7) is 4.60. The van der Waals surface area contributed by atoms with Gasteiger partial charge in [0.05, 0.1) is 18.5 Å². The largest absolute Gasteiger partial charge is 0.384 e. The molecular formula is C15H23N3O3. The zero-order chi connectivity index (χ0) is 15.1. The molecule has 1 saturated heterocycles. The Morgan fingerprint density at radius 3 is 2.95 bits per heavy atom. The lowest BCUT2D eigenvalue weighted by Crippen LogP contribution is -2.45. The topological polar surface area (TPSA) is 72.5 Å². The molecule has 0 bridgehead atoms. The highest BCUT2D eigenvalue weighted by Gasteiger charge is 2.35. The van der Waals surface area contributed by atoms with Crippen LogP contribution in [-0.4, -0.2) is 49.9 Å². The van der Waals surface area contributed by atoms with Crippen molar-refractivity contribution in [2.75, 3.05) is 38.7 Å². The van der Waals surface area contributed by atoms with Crippen molar-refractivity contribution in [3.8, 4) is 0 Å². The third-order valence-corrected chi connectivity index (χ3v) is 3.65. The van der Waals surface area contributed by atoms with Crippen LogP contribution in [0.25, 0.3) is 0 Å². The van der Waals surface area contributed by atoms with Crippen LogP contribution in [0.15, 0.2) is 18.3 Å². The smallest absolute Gasteiger partial charge is 0.269 e. The van der Waals surface area contributed by atoms with Crippen molar-refractivity contribution in [2.24, 2.45) is 0 Å². The SMILES string of the molecule is CCCNc1ccc(C(=O)NCC2(OC)CCOC2)nc1. The molecule has 2 N–H and O–H groups in total. The van der Waals surface area contributed by atoms with Crippen LogP contribution in [-0.2, 0) is 9.47 Å². The Labute approximate surface area is 125 Å². The van der Waals surface area contributed by atoms with Gasteiger partial charge < -0.3 is 20.1 Å². The Morgan fingerprint density at radius 1 is 1.52 bits per heavy atom. The Hall–Kier alpha value is -1.66. The predicted molar refractivity (Wildman–Crippen MR) is 80.5 cm³/mol. The van der Waals surface area contributed by atoms with Crippen LogP contribution in [0, 0.1) is 0 Å². The van der Waals surface area contributed by atoms with Crippen LogP contribution >= 0.6 is 0 Å². The van der Waals surface area contributed by atoms with E-state index in [2.05, 4.69) is 22.5 Å². The number of hydrogen-bond acceptors (Lipinski definition) is 5. The molecule has 0 radical (unpaired) electrons. The van der Waals surface area contributed by atoms with E-state index in [0.717, 1.165) is 25.1 Å². The average molecular weight is 293 g/mol. The second-order valence-corrected chi connectivity index (χ2v) is 5.23. The second kappa shape index (κ2) is 7.38. The quantitative estimate of drug-likeness (QED) is 0.796. The maximum absolute atomic E-state index is 12.1. The van der Waals surface area contributed by atoms with Gasteiger partial charge in [-0.25, -0.2) is 4.98 Å². The van der Waals surface area contributed by atoms with Gasteiger partial charge in [0.1, 0.15) is 11.3 Å². The number of nitrogens with one attached hydrogen (secondary N) is 2. The maximum atomic E-state index is 12.1. The van der Waals surface area contributed by atoms with Crippen molar-refractivity contribution in [1.29, 1.82) is 0 Å². The number of rotatable bonds is 7. The molecule has 6 nitrogen and oxygen atoms in total. The summed E-state index contributed by atoms with van der Waals surface area (Å²) in [5, 5.41) is 6.09. The van der Waals surface area contributed by atoms with E-state index in [-0.39, 0.29) is 5.91 Å². The first-order valence-corrected chi connectivity index (χ1v) is 7.30. The standard InChI is InChI=1S/C15H23N3O3/c1-3-7-16-12-4-5-13(17-9-12)14(19)18-10-15(20-2)6-8-21-11-15/h4-5,9,16H,3,6-8,10-11H2,1-2H3,(H,18,19). The third-order valence-electron chi connectivity index (χ3n) is 3.65. The number of ether oxygens (including phenoxy) is 2. The number of aromatic nitrogens is 1. The Balaban J connectivity index is 1.88. The van der Waals surface area contributed by atoms with E-state index < -0.39 is 5.60 Å². The van der Waals surface area contributed by atoms with E-state index in [9.17, 15) is 4.79 Å². The van der Waals surface area contributed by atoms with E-state index in [1.807, 2.05) is 6.07 Å². The van der Waals surface area contributed by atoms with Crippen LogP contribution < -0.4 is 10.6 Å². The molecule has 2 rings (SSSR count). The van der Waals surface area contributed by atoms with Crippen molar-refractivity contribution in [3.63, 3.8) is 0 Å². The highest BCUT2D eigenvalue weighted by molar-refractivity contribution is 5.92. The molecule has 0 saturated carbocycles. The number of carbonyl (C=O) groups is 1. The molecule has 1 amide bonds. The van der Waals surface area contributed by atoms with Crippen molar-refractivity contribution < 1.29 is 14.3 Å². The minimum atomic E-state index is -0.404. The summed E-state index contributed by atoms with van der Waals surface area (Å²) in [7, 11) is 1.65. The lowest BCUT2D eigenvalue weighted by molar-refractivity contribution is -0.0149. The maximum Gasteiger partial charge on any atom is 0.269 e. The van der Waals surface area contributed by atoms with Crippen LogP contribution in [0.2, 0.25) is 0 Å². The summed E-state index contributed by atoms with van der Waals surface area (Å²) < 4.78 is 10.8. The van der Waals surface area contributed by atoms with Gasteiger partial charge in [0.2, 0.25) is 0 Å². The molecule has 6 heteroatoms. The summed E-state index contributed by atoms with van der Waals surface area (Å²) in [4.78, 5) is 16.3. The fourth-order valence-corrected chi connectivity index (χ4v) is 2.20. The molecule has 2 heterocycles. The van der Waals surface area contributed by atoms with Gasteiger partial charge in [0.25, 0.3) is 5.91 Å². The zero-order valence-electron chi connectivity index (χ0n) is 12.6. The van der Waals surface area contributed by atoms with Gasteiger partial charge in [-0.05, 0) is 18.6 Å². The Bertz CT molecular complexity index is 456. The first kappa shape index (κ1) is 15.7. The molecule has 21 heavy (non-hydrogen) atoms. The van der Waals surface area contributed by atoms with E-state index in [0.29, 0.717) is 25.5 Å². The normalized spacial score (nSPS) is 21.2. The number of hydrogen-bond donors (Lipinski definition) is 2. The van der Waals surface area contributed by atoms with Crippen LogP contribution in [0.3, 0.4) is 0 Å². The van der Waals surface area contributed by atoms with Gasteiger partial charge in [-0.2, -0.15) is 0 Å². The molecule has 1 fully saturated rings. The number of carbonyl (C=O) groups excluding carboxylic acids is 1.